The van der Waals surface area contributed by atoms with Crippen LogP contribution in [0, 0.1) is 4.91 Å². The lowest BCUT2D eigenvalue weighted by molar-refractivity contribution is -0.110. The molecule has 64 valence electrons. The molecule has 0 aliphatic carbocycles. The van der Waals surface area contributed by atoms with Gasteiger partial charge in [-0.15, -0.1) is 0 Å². The third-order valence-corrected chi connectivity index (χ3v) is 1.64. The molecule has 0 saturated carbocycles. The van der Waals surface area contributed by atoms with E-state index in [0.717, 1.165) is 0 Å². The van der Waals surface area contributed by atoms with E-state index in [2.05, 4.69) is 9.91 Å². The van der Waals surface area contributed by atoms with Gasteiger partial charge >= 0.3 is 0 Å². The number of nitrogens with zero attached hydrogens (tertiary/aromatic N) is 1. The summed E-state index contributed by atoms with van der Waals surface area (Å²) < 4.78 is 4.59. The monoisotopic (exact) mass is 163 g/mol. The van der Waals surface area contributed by atoms with Crippen LogP contribution in [0.25, 0.3) is 0 Å². The number of hydrogen-bond acceptors (Lipinski definition) is 6. The Morgan fingerprint density at radius 3 is 2.36 bits per heavy atom. The van der Waals surface area contributed by atoms with E-state index in [1.807, 2.05) is 0 Å². The number of rotatable bonds is 2. The van der Waals surface area contributed by atoms with Crippen molar-refractivity contribution in [3.8, 4) is 0 Å². The van der Waals surface area contributed by atoms with E-state index in [-0.39, 0.29) is 0 Å². The molecule has 0 amide bonds. The Labute approximate surface area is 62.4 Å². The molecule has 1 saturated heterocycles. The summed E-state index contributed by atoms with van der Waals surface area (Å²) in [6, 6.07) is -1.19. The largest absolute Gasteiger partial charge is 0.394 e. The van der Waals surface area contributed by atoms with E-state index in [1.165, 1.54) is 0 Å². The second kappa shape index (κ2) is 3.22. The van der Waals surface area contributed by atoms with Crippen molar-refractivity contribution in [2.24, 2.45) is 5.18 Å². The molecule has 0 bridgehead atoms. The van der Waals surface area contributed by atoms with Gasteiger partial charge in [-0.1, -0.05) is 5.18 Å². The minimum absolute atomic E-state index is 0.440. The fourth-order valence-electron chi connectivity index (χ4n) is 0.994. The highest BCUT2D eigenvalue weighted by Crippen LogP contribution is 2.21. The van der Waals surface area contributed by atoms with Crippen LogP contribution in [-0.4, -0.2) is 46.5 Å². The first-order chi connectivity index (χ1) is 5.20. The Hall–Kier alpha value is -0.560. The molecule has 4 atom stereocenters. The standard InChI is InChI=1S/C5H9NO5/c7-1-2-4(8)3(6-10)5(9)11-2/h2-5,7-9H,1H2/t2-,3-,4+,5?/m1/s1. The Kier molecular flexibility index (Phi) is 2.50. The van der Waals surface area contributed by atoms with E-state index in [9.17, 15) is 4.91 Å². The maximum Gasteiger partial charge on any atom is 0.183 e. The van der Waals surface area contributed by atoms with Gasteiger partial charge in [0, 0.05) is 0 Å². The van der Waals surface area contributed by atoms with Crippen LogP contribution in [0.2, 0.25) is 0 Å². The maximum atomic E-state index is 9.96. The second-order valence-corrected chi connectivity index (χ2v) is 2.33. The quantitative estimate of drug-likeness (QED) is 0.417. The van der Waals surface area contributed by atoms with Gasteiger partial charge in [0.1, 0.15) is 12.2 Å². The van der Waals surface area contributed by atoms with E-state index < -0.39 is 31.1 Å². The van der Waals surface area contributed by atoms with Crippen molar-refractivity contribution >= 4 is 0 Å². The van der Waals surface area contributed by atoms with Gasteiger partial charge in [0.25, 0.3) is 0 Å². The average molecular weight is 163 g/mol. The second-order valence-electron chi connectivity index (χ2n) is 2.33. The first kappa shape index (κ1) is 8.54. The first-order valence-electron chi connectivity index (χ1n) is 3.15. The fourth-order valence-corrected chi connectivity index (χ4v) is 0.994. The summed E-state index contributed by atoms with van der Waals surface area (Å²) in [7, 11) is 0. The van der Waals surface area contributed by atoms with Gasteiger partial charge in [-0.05, 0) is 0 Å². The van der Waals surface area contributed by atoms with Crippen LogP contribution in [0.1, 0.15) is 0 Å². The van der Waals surface area contributed by atoms with Gasteiger partial charge < -0.3 is 20.1 Å². The molecule has 0 radical (unpaired) electrons. The van der Waals surface area contributed by atoms with Crippen molar-refractivity contribution in [3.63, 3.8) is 0 Å². The van der Waals surface area contributed by atoms with Crippen LogP contribution in [-0.2, 0) is 4.74 Å². The smallest absolute Gasteiger partial charge is 0.183 e. The molecule has 6 heteroatoms. The Morgan fingerprint density at radius 1 is 1.45 bits per heavy atom. The van der Waals surface area contributed by atoms with Crippen molar-refractivity contribution < 1.29 is 20.1 Å². The molecule has 0 aromatic rings. The summed E-state index contributed by atoms with van der Waals surface area (Å²) in [6.45, 7) is -0.440. The number of hydrogen-bond donors (Lipinski definition) is 3. The van der Waals surface area contributed by atoms with Crippen LogP contribution in [0.3, 0.4) is 0 Å². The van der Waals surface area contributed by atoms with Crippen molar-refractivity contribution in [3.05, 3.63) is 4.91 Å². The lowest BCUT2D eigenvalue weighted by Crippen LogP contribution is -2.32. The van der Waals surface area contributed by atoms with Gasteiger partial charge in [0.05, 0.1) is 6.61 Å². The molecule has 1 aliphatic heterocycles. The van der Waals surface area contributed by atoms with Crippen molar-refractivity contribution in [2.45, 2.75) is 24.5 Å². The summed E-state index contributed by atoms with van der Waals surface area (Å²) in [4.78, 5) is 9.96. The minimum Gasteiger partial charge on any atom is -0.394 e. The lowest BCUT2D eigenvalue weighted by Gasteiger charge is -2.08. The molecule has 3 N–H and O–H groups in total. The molecule has 0 aromatic heterocycles. The van der Waals surface area contributed by atoms with E-state index in [1.54, 1.807) is 0 Å². The van der Waals surface area contributed by atoms with Gasteiger partial charge in [-0.2, -0.15) is 4.91 Å². The number of aliphatic hydroxyl groups excluding tert-OH is 3. The van der Waals surface area contributed by atoms with Crippen LogP contribution in [0.4, 0.5) is 0 Å². The molecule has 1 fully saturated rings. The van der Waals surface area contributed by atoms with Crippen LogP contribution >= 0.6 is 0 Å². The summed E-state index contributed by atoms with van der Waals surface area (Å²) in [5.74, 6) is 0. The zero-order valence-corrected chi connectivity index (χ0v) is 5.62. The minimum atomic E-state index is -1.40. The summed E-state index contributed by atoms with van der Waals surface area (Å²) in [6.07, 6.45) is -3.53. The molecule has 1 unspecified atom stereocenters. The van der Waals surface area contributed by atoms with Crippen molar-refractivity contribution in [1.29, 1.82) is 0 Å². The predicted molar refractivity (Wildman–Crippen MR) is 33.6 cm³/mol. The Morgan fingerprint density at radius 2 is 2.09 bits per heavy atom. The molecule has 0 aromatic carbocycles. The van der Waals surface area contributed by atoms with Crippen LogP contribution < -0.4 is 0 Å². The molecular formula is C5H9NO5. The zero-order chi connectivity index (χ0) is 8.43. The van der Waals surface area contributed by atoms with Gasteiger partial charge in [-0.25, -0.2) is 0 Å². The normalized spacial score (nSPS) is 44.3. The Balaban J connectivity index is 2.62. The summed E-state index contributed by atoms with van der Waals surface area (Å²) in [5.41, 5.74) is 0. The highest BCUT2D eigenvalue weighted by molar-refractivity contribution is 4.90. The zero-order valence-electron chi connectivity index (χ0n) is 5.62. The van der Waals surface area contributed by atoms with Crippen LogP contribution in [0.15, 0.2) is 5.18 Å². The molecular weight excluding hydrogens is 154 g/mol. The van der Waals surface area contributed by atoms with E-state index >= 15 is 0 Å². The Bertz CT molecular complexity index is 152. The molecule has 0 spiro atoms. The highest BCUT2D eigenvalue weighted by Gasteiger charge is 2.43. The molecule has 11 heavy (non-hydrogen) atoms. The average Bonchev–Trinajstić information content (AvgIpc) is 2.26. The topological polar surface area (TPSA) is 99.4 Å². The van der Waals surface area contributed by atoms with Crippen molar-refractivity contribution in [2.75, 3.05) is 6.61 Å². The molecule has 1 rings (SSSR count). The molecule has 6 nitrogen and oxygen atoms in total. The van der Waals surface area contributed by atoms with Gasteiger partial charge in [-0.3, -0.25) is 0 Å². The van der Waals surface area contributed by atoms with Crippen LogP contribution in [0.5, 0.6) is 0 Å². The number of ether oxygens (including phenoxy) is 1. The SMILES string of the molecule is O=N[C@H]1C(O)O[C@H](CO)[C@@H]1O. The third kappa shape index (κ3) is 1.38. The fraction of sp³-hybridized carbons (Fsp3) is 1.00. The van der Waals surface area contributed by atoms with Gasteiger partial charge in [0.2, 0.25) is 0 Å². The lowest BCUT2D eigenvalue weighted by atomic mass is 10.1. The summed E-state index contributed by atoms with van der Waals surface area (Å²) in [5, 5.41) is 28.9. The third-order valence-electron chi connectivity index (χ3n) is 1.64. The molecule has 1 heterocycles. The number of nitroso groups, excluding NO2 is 1. The van der Waals surface area contributed by atoms with E-state index in [4.69, 9.17) is 15.3 Å². The maximum absolute atomic E-state index is 9.96. The summed E-state index contributed by atoms with van der Waals surface area (Å²) >= 11 is 0. The first-order valence-corrected chi connectivity index (χ1v) is 3.15. The predicted octanol–water partition coefficient (Wildman–Crippen LogP) is -1.81. The van der Waals surface area contributed by atoms with Gasteiger partial charge in [0.15, 0.2) is 12.3 Å². The number of aliphatic hydroxyl groups is 3. The van der Waals surface area contributed by atoms with E-state index in [0.29, 0.717) is 0 Å². The van der Waals surface area contributed by atoms with Crippen molar-refractivity contribution in [1.82, 2.24) is 0 Å². The molecule has 1 aliphatic rings. The highest BCUT2D eigenvalue weighted by atomic mass is 16.6.